The third-order valence-corrected chi connectivity index (χ3v) is 5.12. The van der Waals surface area contributed by atoms with E-state index >= 15 is 0 Å². The average molecular weight is 339 g/mol. The molecule has 3 heteroatoms. The zero-order valence-corrected chi connectivity index (χ0v) is 16.2. The van der Waals surface area contributed by atoms with Gasteiger partial charge in [0.1, 0.15) is 6.10 Å². The van der Waals surface area contributed by atoms with Crippen molar-refractivity contribution in [2.24, 2.45) is 10.7 Å². The number of hydrogen-bond donors (Lipinski definition) is 1. The quantitative estimate of drug-likeness (QED) is 0.314. The van der Waals surface area contributed by atoms with E-state index in [0.717, 1.165) is 13.0 Å². The molecule has 0 aliphatic carbocycles. The minimum atomic E-state index is 0.261. The maximum atomic E-state index is 5.51. The summed E-state index contributed by atoms with van der Waals surface area (Å²) < 4.78 is 5.41. The molecule has 24 heavy (non-hydrogen) atoms. The summed E-state index contributed by atoms with van der Waals surface area (Å²) in [6, 6.07) is 0.386. The molecule has 0 amide bonds. The van der Waals surface area contributed by atoms with Gasteiger partial charge in [-0.3, -0.25) is 0 Å². The lowest BCUT2D eigenvalue weighted by Gasteiger charge is -2.09. The van der Waals surface area contributed by atoms with Gasteiger partial charge in [0.2, 0.25) is 0 Å². The Balaban J connectivity index is 1.66. The van der Waals surface area contributed by atoms with Crippen LogP contribution in [-0.4, -0.2) is 18.7 Å². The van der Waals surface area contributed by atoms with Gasteiger partial charge in [-0.25, -0.2) is 4.99 Å². The molecular weight excluding hydrogens is 296 g/mol. The Labute approximate surface area is 150 Å². The number of unbranched alkanes of at least 4 members (excludes halogenated alkanes) is 15. The van der Waals surface area contributed by atoms with Crippen LogP contribution in [0.5, 0.6) is 0 Å². The summed E-state index contributed by atoms with van der Waals surface area (Å²) in [6.45, 7) is 3.06. The minimum absolute atomic E-state index is 0.261. The lowest BCUT2D eigenvalue weighted by Crippen LogP contribution is -2.17. The molecule has 0 bridgehead atoms. The maximum Gasteiger partial charge on any atom is 0.282 e. The predicted octanol–water partition coefficient (Wildman–Crippen LogP) is 6.35. The van der Waals surface area contributed by atoms with Crippen LogP contribution in [0, 0.1) is 0 Å². The van der Waals surface area contributed by atoms with E-state index in [0.29, 0.717) is 6.02 Å². The van der Waals surface area contributed by atoms with E-state index in [9.17, 15) is 0 Å². The standard InChI is InChI=1S/C21H42N2O/c1-2-3-4-5-6-7-8-9-10-11-12-13-14-15-16-17-18-20-19-23-21(22)24-20/h20H,2-19H2,1H3,(H2,22,23). The van der Waals surface area contributed by atoms with Crippen molar-refractivity contribution in [2.45, 2.75) is 122 Å². The number of rotatable bonds is 17. The largest absolute Gasteiger partial charge is 0.460 e. The predicted molar refractivity (Wildman–Crippen MR) is 106 cm³/mol. The normalized spacial score (nSPS) is 17.0. The summed E-state index contributed by atoms with van der Waals surface area (Å²) in [5.74, 6) is 0. The Morgan fingerprint density at radius 1 is 0.750 bits per heavy atom. The van der Waals surface area contributed by atoms with Gasteiger partial charge in [-0.15, -0.1) is 0 Å². The molecule has 0 radical (unpaired) electrons. The van der Waals surface area contributed by atoms with E-state index in [1.807, 2.05) is 0 Å². The number of nitrogens with two attached hydrogens (primary N) is 1. The van der Waals surface area contributed by atoms with Crippen molar-refractivity contribution in [3.8, 4) is 0 Å². The molecule has 0 saturated heterocycles. The number of ether oxygens (including phenoxy) is 1. The van der Waals surface area contributed by atoms with Gasteiger partial charge in [-0.1, -0.05) is 103 Å². The highest BCUT2D eigenvalue weighted by Crippen LogP contribution is 2.15. The first-order valence-electron chi connectivity index (χ1n) is 10.8. The third kappa shape index (κ3) is 12.7. The zero-order valence-electron chi connectivity index (χ0n) is 16.2. The second-order valence-corrected chi connectivity index (χ2v) is 7.51. The smallest absolute Gasteiger partial charge is 0.282 e. The van der Waals surface area contributed by atoms with Gasteiger partial charge in [-0.05, 0) is 12.8 Å². The van der Waals surface area contributed by atoms with Gasteiger partial charge >= 0.3 is 0 Å². The zero-order chi connectivity index (χ0) is 17.3. The third-order valence-electron chi connectivity index (χ3n) is 5.12. The van der Waals surface area contributed by atoms with Crippen molar-refractivity contribution < 1.29 is 4.74 Å². The molecule has 0 aromatic heterocycles. The molecule has 1 rings (SSSR count). The number of amidine groups is 1. The van der Waals surface area contributed by atoms with Gasteiger partial charge in [0.05, 0.1) is 6.54 Å². The van der Waals surface area contributed by atoms with Crippen molar-refractivity contribution in [3.63, 3.8) is 0 Å². The van der Waals surface area contributed by atoms with Crippen LogP contribution >= 0.6 is 0 Å². The number of nitrogens with zero attached hydrogens (tertiary/aromatic N) is 1. The van der Waals surface area contributed by atoms with Crippen molar-refractivity contribution in [2.75, 3.05) is 6.54 Å². The highest BCUT2D eigenvalue weighted by molar-refractivity contribution is 5.72. The van der Waals surface area contributed by atoms with E-state index in [1.54, 1.807) is 0 Å². The van der Waals surface area contributed by atoms with Crippen molar-refractivity contribution >= 4 is 6.02 Å². The fourth-order valence-electron chi connectivity index (χ4n) is 3.51. The first-order chi connectivity index (χ1) is 11.8. The van der Waals surface area contributed by atoms with Crippen LogP contribution in [0.4, 0.5) is 0 Å². The molecule has 1 aliphatic rings. The van der Waals surface area contributed by atoms with Crippen molar-refractivity contribution in [3.05, 3.63) is 0 Å². The fraction of sp³-hybridized carbons (Fsp3) is 0.952. The molecule has 3 nitrogen and oxygen atoms in total. The van der Waals surface area contributed by atoms with Gasteiger partial charge in [-0.2, -0.15) is 0 Å². The maximum absolute atomic E-state index is 5.51. The second kappa shape index (κ2) is 15.8. The summed E-state index contributed by atoms with van der Waals surface area (Å²) >= 11 is 0. The van der Waals surface area contributed by atoms with Crippen LogP contribution in [0.15, 0.2) is 4.99 Å². The molecule has 1 unspecified atom stereocenters. The summed E-state index contributed by atoms with van der Waals surface area (Å²) in [5.41, 5.74) is 5.51. The molecule has 0 saturated carbocycles. The van der Waals surface area contributed by atoms with Gasteiger partial charge < -0.3 is 10.5 Å². The molecule has 142 valence electrons. The molecule has 2 N–H and O–H groups in total. The molecule has 0 aromatic rings. The van der Waals surface area contributed by atoms with Crippen LogP contribution in [0.25, 0.3) is 0 Å². The second-order valence-electron chi connectivity index (χ2n) is 7.51. The molecule has 1 heterocycles. The summed E-state index contributed by atoms with van der Waals surface area (Å²) in [4.78, 5) is 4.08. The van der Waals surface area contributed by atoms with E-state index in [2.05, 4.69) is 11.9 Å². The molecule has 0 aromatic carbocycles. The van der Waals surface area contributed by atoms with Gasteiger partial charge in [0.15, 0.2) is 0 Å². The van der Waals surface area contributed by atoms with E-state index in [-0.39, 0.29) is 6.10 Å². The topological polar surface area (TPSA) is 47.6 Å². The monoisotopic (exact) mass is 338 g/mol. The van der Waals surface area contributed by atoms with Crippen LogP contribution in [0.2, 0.25) is 0 Å². The Hall–Kier alpha value is -0.730. The van der Waals surface area contributed by atoms with Crippen LogP contribution in [0.1, 0.15) is 116 Å². The highest BCUT2D eigenvalue weighted by atomic mass is 16.5. The van der Waals surface area contributed by atoms with Crippen molar-refractivity contribution in [1.82, 2.24) is 0 Å². The lowest BCUT2D eigenvalue weighted by molar-refractivity contribution is 0.205. The summed E-state index contributed by atoms with van der Waals surface area (Å²) in [7, 11) is 0. The van der Waals surface area contributed by atoms with Gasteiger partial charge in [0.25, 0.3) is 6.02 Å². The lowest BCUT2D eigenvalue weighted by atomic mass is 10.0. The summed E-state index contributed by atoms with van der Waals surface area (Å²) in [5, 5.41) is 0. The summed E-state index contributed by atoms with van der Waals surface area (Å²) in [6.07, 6.45) is 24.0. The van der Waals surface area contributed by atoms with Gasteiger partial charge in [0, 0.05) is 0 Å². The Morgan fingerprint density at radius 3 is 1.54 bits per heavy atom. The fourth-order valence-corrected chi connectivity index (χ4v) is 3.51. The van der Waals surface area contributed by atoms with E-state index in [4.69, 9.17) is 10.5 Å². The van der Waals surface area contributed by atoms with Crippen LogP contribution in [0.3, 0.4) is 0 Å². The van der Waals surface area contributed by atoms with E-state index in [1.165, 1.54) is 103 Å². The SMILES string of the molecule is CCCCCCCCCCCCCCCCCCC1CN=C(N)O1. The van der Waals surface area contributed by atoms with Crippen molar-refractivity contribution in [1.29, 1.82) is 0 Å². The number of aliphatic imine (C=N–C) groups is 1. The van der Waals surface area contributed by atoms with E-state index < -0.39 is 0 Å². The van der Waals surface area contributed by atoms with Crippen LogP contribution < -0.4 is 5.73 Å². The highest BCUT2D eigenvalue weighted by Gasteiger charge is 2.16. The Kier molecular flexibility index (Phi) is 14.0. The molecular formula is C21H42N2O. The first-order valence-corrected chi connectivity index (χ1v) is 10.8. The number of hydrogen-bond acceptors (Lipinski definition) is 3. The molecule has 1 atom stereocenters. The molecule has 1 aliphatic heterocycles. The Morgan fingerprint density at radius 2 is 1.17 bits per heavy atom. The molecule has 0 fully saturated rings. The van der Waals surface area contributed by atoms with Crippen LogP contribution in [-0.2, 0) is 4.74 Å². The average Bonchev–Trinajstić information content (AvgIpc) is 3.00. The Bertz CT molecular complexity index is 304. The first kappa shape index (κ1) is 21.3. The minimum Gasteiger partial charge on any atom is -0.460 e. The molecule has 0 spiro atoms.